The summed E-state index contributed by atoms with van der Waals surface area (Å²) in [6.45, 7) is 7.40. The summed E-state index contributed by atoms with van der Waals surface area (Å²) in [7, 11) is 2.20. The van der Waals surface area contributed by atoms with Gasteiger partial charge in [0.2, 0.25) is 0 Å². The van der Waals surface area contributed by atoms with Crippen LogP contribution in [0.15, 0.2) is 11.6 Å². The maximum absolute atomic E-state index is 6.10. The molecule has 0 amide bonds. The van der Waals surface area contributed by atoms with Crippen LogP contribution in [0, 0.1) is 0 Å². The number of anilines is 1. The van der Waals surface area contributed by atoms with Crippen molar-refractivity contribution in [1.29, 1.82) is 0 Å². The van der Waals surface area contributed by atoms with Crippen LogP contribution in [0.2, 0.25) is 0 Å². The first-order valence-corrected chi connectivity index (χ1v) is 7.90. The molecule has 0 saturated carbocycles. The lowest BCUT2D eigenvalue weighted by atomic mass is 9.95. The number of hydrogen-bond donors (Lipinski definition) is 1. The summed E-state index contributed by atoms with van der Waals surface area (Å²) >= 11 is 1.73. The van der Waals surface area contributed by atoms with Gasteiger partial charge < -0.3 is 15.5 Å². The van der Waals surface area contributed by atoms with E-state index in [4.69, 9.17) is 5.73 Å². The quantitative estimate of drug-likeness (QED) is 0.863. The van der Waals surface area contributed by atoms with Gasteiger partial charge in [0.15, 0.2) is 5.13 Å². The number of aromatic nitrogens is 1. The van der Waals surface area contributed by atoms with Crippen LogP contribution in [0.4, 0.5) is 5.13 Å². The molecular formula is C13H23N5S. The highest BCUT2D eigenvalue weighted by Gasteiger charge is 2.41. The molecule has 2 aliphatic heterocycles. The van der Waals surface area contributed by atoms with Crippen molar-refractivity contribution in [3.8, 4) is 0 Å². The van der Waals surface area contributed by atoms with Crippen LogP contribution in [0.1, 0.15) is 6.42 Å². The van der Waals surface area contributed by atoms with Gasteiger partial charge in [-0.15, -0.1) is 11.3 Å². The molecule has 1 aromatic rings. The number of hydrogen-bond acceptors (Lipinski definition) is 6. The Morgan fingerprint density at radius 2 is 2.11 bits per heavy atom. The molecular weight excluding hydrogens is 258 g/mol. The third-order valence-electron chi connectivity index (χ3n) is 4.54. The van der Waals surface area contributed by atoms with Crippen molar-refractivity contribution in [2.45, 2.75) is 12.0 Å². The largest absolute Gasteiger partial charge is 0.346 e. The van der Waals surface area contributed by atoms with Gasteiger partial charge in [-0.1, -0.05) is 0 Å². The molecule has 3 rings (SSSR count). The Hall–Kier alpha value is -0.690. The van der Waals surface area contributed by atoms with Crippen molar-refractivity contribution in [2.75, 3.05) is 57.8 Å². The highest BCUT2D eigenvalue weighted by atomic mass is 32.1. The average molecular weight is 281 g/mol. The van der Waals surface area contributed by atoms with Crippen molar-refractivity contribution in [3.05, 3.63) is 11.6 Å². The SMILES string of the molecule is CN1CCC(CN)(N2CCN(c3nccs3)CC2)C1. The number of likely N-dealkylation sites (N-methyl/N-ethyl adjacent to an activating group) is 1. The zero-order valence-electron chi connectivity index (χ0n) is 11.6. The van der Waals surface area contributed by atoms with Gasteiger partial charge in [0, 0.05) is 56.4 Å². The zero-order valence-corrected chi connectivity index (χ0v) is 12.4. The van der Waals surface area contributed by atoms with E-state index in [9.17, 15) is 0 Å². The fourth-order valence-corrected chi connectivity index (χ4v) is 4.05. The number of rotatable bonds is 3. The van der Waals surface area contributed by atoms with Gasteiger partial charge in [-0.2, -0.15) is 0 Å². The molecule has 0 bridgehead atoms. The van der Waals surface area contributed by atoms with Gasteiger partial charge in [-0.25, -0.2) is 4.98 Å². The molecule has 0 aliphatic carbocycles. The first kappa shape index (κ1) is 13.3. The van der Waals surface area contributed by atoms with E-state index in [1.54, 1.807) is 11.3 Å². The van der Waals surface area contributed by atoms with Gasteiger partial charge in [0.05, 0.1) is 0 Å². The predicted molar refractivity (Wildman–Crippen MR) is 79.8 cm³/mol. The second kappa shape index (κ2) is 5.36. The molecule has 5 nitrogen and oxygen atoms in total. The minimum absolute atomic E-state index is 0.212. The summed E-state index contributed by atoms with van der Waals surface area (Å²) < 4.78 is 0. The minimum Gasteiger partial charge on any atom is -0.346 e. The first-order valence-electron chi connectivity index (χ1n) is 7.02. The summed E-state index contributed by atoms with van der Waals surface area (Å²) in [6, 6.07) is 0. The van der Waals surface area contributed by atoms with Gasteiger partial charge in [-0.05, 0) is 20.0 Å². The number of piperazine rings is 1. The topological polar surface area (TPSA) is 48.6 Å². The van der Waals surface area contributed by atoms with Crippen LogP contribution in [-0.4, -0.2) is 73.2 Å². The molecule has 2 N–H and O–H groups in total. The van der Waals surface area contributed by atoms with E-state index >= 15 is 0 Å². The zero-order chi connectivity index (χ0) is 13.3. The monoisotopic (exact) mass is 281 g/mol. The van der Waals surface area contributed by atoms with Crippen LogP contribution >= 0.6 is 11.3 Å². The summed E-state index contributed by atoms with van der Waals surface area (Å²) in [6.07, 6.45) is 3.09. The van der Waals surface area contributed by atoms with E-state index in [2.05, 4.69) is 32.1 Å². The summed E-state index contributed by atoms with van der Waals surface area (Å²) in [5, 5.41) is 3.21. The van der Waals surface area contributed by atoms with E-state index in [1.165, 1.54) is 13.0 Å². The number of nitrogens with zero attached hydrogens (tertiary/aromatic N) is 4. The Morgan fingerprint density at radius 1 is 1.32 bits per heavy atom. The fraction of sp³-hybridized carbons (Fsp3) is 0.769. The van der Waals surface area contributed by atoms with E-state index in [0.29, 0.717) is 0 Å². The molecule has 1 atom stereocenters. The van der Waals surface area contributed by atoms with Crippen LogP contribution in [0.25, 0.3) is 0 Å². The average Bonchev–Trinajstić information content (AvgIpc) is 3.09. The molecule has 0 radical (unpaired) electrons. The van der Waals surface area contributed by atoms with Gasteiger partial charge >= 0.3 is 0 Å². The number of nitrogens with two attached hydrogens (primary N) is 1. The van der Waals surface area contributed by atoms with E-state index in [0.717, 1.165) is 44.4 Å². The number of likely N-dealkylation sites (tertiary alicyclic amines) is 1. The fourth-order valence-electron chi connectivity index (χ4n) is 3.36. The maximum atomic E-state index is 6.10. The molecule has 1 unspecified atom stereocenters. The van der Waals surface area contributed by atoms with Crippen molar-refractivity contribution in [3.63, 3.8) is 0 Å². The Morgan fingerprint density at radius 3 is 2.63 bits per heavy atom. The lowest BCUT2D eigenvalue weighted by Crippen LogP contribution is -2.61. The van der Waals surface area contributed by atoms with Crippen LogP contribution in [-0.2, 0) is 0 Å². The van der Waals surface area contributed by atoms with Crippen LogP contribution < -0.4 is 10.6 Å². The second-order valence-corrected chi connectivity index (χ2v) is 6.58. The molecule has 2 saturated heterocycles. The molecule has 19 heavy (non-hydrogen) atoms. The maximum Gasteiger partial charge on any atom is 0.185 e. The van der Waals surface area contributed by atoms with Gasteiger partial charge in [-0.3, -0.25) is 4.90 Å². The molecule has 0 aromatic carbocycles. The molecule has 2 aliphatic rings. The normalized spacial score (nSPS) is 30.1. The smallest absolute Gasteiger partial charge is 0.185 e. The standard InChI is InChI=1S/C13H23N5S/c1-16-4-2-13(10-14,11-16)18-7-5-17(6-8-18)12-15-3-9-19-12/h3,9H,2,4-8,10-11,14H2,1H3. The summed E-state index contributed by atoms with van der Waals surface area (Å²) in [4.78, 5) is 11.8. The Labute approximate surface area is 119 Å². The summed E-state index contributed by atoms with van der Waals surface area (Å²) in [5.41, 5.74) is 6.31. The minimum atomic E-state index is 0.212. The van der Waals surface area contributed by atoms with E-state index < -0.39 is 0 Å². The Balaban J connectivity index is 1.63. The van der Waals surface area contributed by atoms with E-state index in [-0.39, 0.29) is 5.54 Å². The lowest BCUT2D eigenvalue weighted by Gasteiger charge is -2.45. The van der Waals surface area contributed by atoms with E-state index in [1.807, 2.05) is 6.20 Å². The molecule has 1 aromatic heterocycles. The predicted octanol–water partition coefficient (Wildman–Crippen LogP) is 0.298. The Kier molecular flexibility index (Phi) is 3.75. The van der Waals surface area contributed by atoms with Crippen molar-refractivity contribution in [2.24, 2.45) is 5.73 Å². The highest BCUT2D eigenvalue weighted by Crippen LogP contribution is 2.28. The van der Waals surface area contributed by atoms with Crippen molar-refractivity contribution < 1.29 is 0 Å². The van der Waals surface area contributed by atoms with Crippen molar-refractivity contribution >= 4 is 16.5 Å². The third-order valence-corrected chi connectivity index (χ3v) is 5.38. The highest BCUT2D eigenvalue weighted by molar-refractivity contribution is 7.13. The third kappa shape index (κ3) is 2.50. The van der Waals surface area contributed by atoms with Gasteiger partial charge in [0.25, 0.3) is 0 Å². The number of thiazole rings is 1. The molecule has 3 heterocycles. The molecule has 106 valence electrons. The molecule has 0 spiro atoms. The second-order valence-electron chi connectivity index (χ2n) is 5.71. The summed E-state index contributed by atoms with van der Waals surface area (Å²) in [5.74, 6) is 0. The lowest BCUT2D eigenvalue weighted by molar-refractivity contribution is 0.0946. The van der Waals surface area contributed by atoms with Gasteiger partial charge in [0.1, 0.15) is 0 Å². The first-order chi connectivity index (χ1) is 9.23. The Bertz CT molecular complexity index is 401. The molecule has 2 fully saturated rings. The van der Waals surface area contributed by atoms with Crippen LogP contribution in [0.5, 0.6) is 0 Å². The van der Waals surface area contributed by atoms with Crippen LogP contribution in [0.3, 0.4) is 0 Å². The van der Waals surface area contributed by atoms with Crippen molar-refractivity contribution in [1.82, 2.24) is 14.8 Å². The molecule has 6 heteroatoms.